The summed E-state index contributed by atoms with van der Waals surface area (Å²) in [6.07, 6.45) is -0.107. The van der Waals surface area contributed by atoms with Gasteiger partial charge in [0.25, 0.3) is 0 Å². The Morgan fingerprint density at radius 1 is 1.08 bits per heavy atom. The lowest BCUT2D eigenvalue weighted by molar-refractivity contribution is 0.0447. The Morgan fingerprint density at radius 3 is 2.16 bits per heavy atom. The first kappa shape index (κ1) is 17.3. The van der Waals surface area contributed by atoms with Crippen molar-refractivity contribution >= 4 is 8.32 Å². The summed E-state index contributed by atoms with van der Waals surface area (Å²) in [5, 5.41) is 10.2. The number of aliphatic hydroxyl groups is 1. The third-order valence-corrected chi connectivity index (χ3v) is 11.0. The summed E-state index contributed by atoms with van der Waals surface area (Å²) in [5.41, 5.74) is 2.31. The Balaban J connectivity index is 1.59. The highest BCUT2D eigenvalue weighted by atomic mass is 28.4. The summed E-state index contributed by atoms with van der Waals surface area (Å²) in [5.74, 6) is 1.82. The molecule has 1 aromatic rings. The van der Waals surface area contributed by atoms with Crippen molar-refractivity contribution < 1.29 is 23.7 Å². The van der Waals surface area contributed by atoms with Gasteiger partial charge < -0.3 is 23.7 Å². The van der Waals surface area contributed by atoms with Crippen LogP contribution in [-0.2, 0) is 9.16 Å². The molecule has 0 radical (unpaired) electrons. The fraction of sp³-hybridized carbons (Fsp3) is 0.684. The summed E-state index contributed by atoms with van der Waals surface area (Å²) < 4.78 is 23.7. The zero-order chi connectivity index (χ0) is 18.0. The molecule has 0 unspecified atom stereocenters. The van der Waals surface area contributed by atoms with Crippen molar-refractivity contribution in [2.45, 2.75) is 51.1 Å². The van der Waals surface area contributed by atoms with Crippen LogP contribution in [-0.4, -0.2) is 33.4 Å². The van der Waals surface area contributed by atoms with Crippen LogP contribution in [0.15, 0.2) is 12.1 Å². The van der Waals surface area contributed by atoms with Crippen molar-refractivity contribution in [3.05, 3.63) is 23.3 Å². The number of aliphatic hydroxyl groups excluding tert-OH is 1. The highest BCUT2D eigenvalue weighted by Gasteiger charge is 2.53. The van der Waals surface area contributed by atoms with Gasteiger partial charge in [0.15, 0.2) is 19.8 Å². The van der Waals surface area contributed by atoms with Crippen molar-refractivity contribution in [3.63, 3.8) is 0 Å². The van der Waals surface area contributed by atoms with E-state index in [0.29, 0.717) is 6.61 Å². The van der Waals surface area contributed by atoms with Crippen LogP contribution in [0, 0.1) is 11.8 Å². The largest absolute Gasteiger partial charge is 0.454 e. The number of hydrogen-bond donors (Lipinski definition) is 1. The van der Waals surface area contributed by atoms with Crippen LogP contribution in [0.4, 0.5) is 0 Å². The highest BCUT2D eigenvalue weighted by Crippen LogP contribution is 2.59. The van der Waals surface area contributed by atoms with Crippen molar-refractivity contribution in [2.24, 2.45) is 11.8 Å². The van der Waals surface area contributed by atoms with E-state index < -0.39 is 8.32 Å². The summed E-state index contributed by atoms with van der Waals surface area (Å²) in [7, 11) is -1.83. The number of hydrogen-bond acceptors (Lipinski definition) is 5. The SMILES string of the molecule is CC(C)(C)[Si](C)(C)OC[C@H]1[C@@H](CO)[C@@H]2O[C@H]1c1cc3c(cc12)OCO3. The van der Waals surface area contributed by atoms with E-state index in [1.165, 1.54) is 5.56 Å². The minimum atomic E-state index is -1.83. The molecule has 138 valence electrons. The summed E-state index contributed by atoms with van der Waals surface area (Å²) in [4.78, 5) is 0. The average Bonchev–Trinajstić information content (AvgIpc) is 3.22. The van der Waals surface area contributed by atoms with Crippen LogP contribution in [0.5, 0.6) is 11.5 Å². The lowest BCUT2D eigenvalue weighted by Gasteiger charge is -2.38. The van der Waals surface area contributed by atoms with Gasteiger partial charge in [-0.1, -0.05) is 20.8 Å². The van der Waals surface area contributed by atoms with Crippen molar-refractivity contribution in [1.29, 1.82) is 0 Å². The smallest absolute Gasteiger partial charge is 0.231 e. The molecule has 0 saturated carbocycles. The molecule has 0 amide bonds. The average molecular weight is 365 g/mol. The molecule has 0 spiro atoms. The monoisotopic (exact) mass is 364 g/mol. The van der Waals surface area contributed by atoms with Gasteiger partial charge in [-0.25, -0.2) is 0 Å². The minimum absolute atomic E-state index is 0.0311. The molecule has 4 rings (SSSR count). The van der Waals surface area contributed by atoms with E-state index >= 15 is 0 Å². The molecule has 5 nitrogen and oxygen atoms in total. The van der Waals surface area contributed by atoms with Gasteiger partial charge in [-0.3, -0.25) is 0 Å². The molecular weight excluding hydrogens is 336 g/mol. The van der Waals surface area contributed by atoms with Crippen LogP contribution in [0.1, 0.15) is 44.1 Å². The molecule has 1 fully saturated rings. The van der Waals surface area contributed by atoms with Gasteiger partial charge in [-0.15, -0.1) is 0 Å². The lowest BCUT2D eigenvalue weighted by atomic mass is 9.76. The van der Waals surface area contributed by atoms with E-state index in [4.69, 9.17) is 18.6 Å². The first-order valence-corrected chi connectivity index (χ1v) is 12.0. The summed E-state index contributed by atoms with van der Waals surface area (Å²) >= 11 is 0. The topological polar surface area (TPSA) is 57.2 Å². The van der Waals surface area contributed by atoms with Gasteiger partial charge >= 0.3 is 0 Å². The van der Waals surface area contributed by atoms with E-state index in [0.717, 1.165) is 17.1 Å². The molecule has 1 saturated heterocycles. The minimum Gasteiger partial charge on any atom is -0.454 e. The maximum atomic E-state index is 9.99. The van der Waals surface area contributed by atoms with Gasteiger partial charge in [0.2, 0.25) is 6.79 Å². The second-order valence-electron chi connectivity index (χ2n) is 8.89. The van der Waals surface area contributed by atoms with E-state index in [2.05, 4.69) is 39.9 Å². The maximum Gasteiger partial charge on any atom is 0.231 e. The van der Waals surface area contributed by atoms with E-state index in [1.807, 2.05) is 6.07 Å². The Kier molecular flexibility index (Phi) is 3.96. The Labute approximate surface area is 150 Å². The number of ether oxygens (including phenoxy) is 3. The lowest BCUT2D eigenvalue weighted by Crippen LogP contribution is -2.43. The zero-order valence-electron chi connectivity index (χ0n) is 15.7. The van der Waals surface area contributed by atoms with Gasteiger partial charge in [-0.2, -0.15) is 0 Å². The maximum absolute atomic E-state index is 9.99. The molecule has 4 atom stereocenters. The Hall–Kier alpha value is -1.08. The molecule has 1 aromatic carbocycles. The molecule has 2 bridgehead atoms. The molecular formula is C19H28O5Si. The number of rotatable bonds is 4. The zero-order valence-corrected chi connectivity index (χ0v) is 16.7. The van der Waals surface area contributed by atoms with Crippen molar-refractivity contribution in [3.8, 4) is 11.5 Å². The standard InChI is InChI=1S/C19H28O5Si/c1-19(2,3)25(4,5)23-9-14-13(8-20)17-11-6-15-16(22-10-21-15)7-12(11)18(14)24-17/h6-7,13-14,17-18,20H,8-10H2,1-5H3/t13-,14+,17-,18+/m1/s1. The Bertz CT molecular complexity index is 681. The third-order valence-electron chi connectivity index (χ3n) is 6.47. The van der Waals surface area contributed by atoms with Crippen LogP contribution in [0.25, 0.3) is 0 Å². The fourth-order valence-electron chi connectivity index (χ4n) is 3.85. The highest BCUT2D eigenvalue weighted by molar-refractivity contribution is 6.74. The van der Waals surface area contributed by atoms with E-state index in [9.17, 15) is 5.11 Å². The molecule has 3 aliphatic rings. The predicted molar refractivity (Wildman–Crippen MR) is 96.3 cm³/mol. The van der Waals surface area contributed by atoms with E-state index in [1.54, 1.807) is 0 Å². The molecule has 1 N–H and O–H groups in total. The molecule has 0 aromatic heterocycles. The van der Waals surface area contributed by atoms with Crippen LogP contribution >= 0.6 is 0 Å². The predicted octanol–water partition coefficient (Wildman–Crippen LogP) is 3.79. The number of benzene rings is 1. The number of fused-ring (bicyclic) bond motifs is 6. The van der Waals surface area contributed by atoms with Gasteiger partial charge in [0.05, 0.1) is 12.2 Å². The second-order valence-corrected chi connectivity index (χ2v) is 13.7. The molecule has 3 heterocycles. The van der Waals surface area contributed by atoms with Gasteiger partial charge in [0, 0.05) is 25.0 Å². The van der Waals surface area contributed by atoms with Gasteiger partial charge in [-0.05, 0) is 41.4 Å². The summed E-state index contributed by atoms with van der Waals surface area (Å²) in [6, 6.07) is 4.07. The molecule has 25 heavy (non-hydrogen) atoms. The molecule has 6 heteroatoms. The molecule has 0 aliphatic carbocycles. The first-order chi connectivity index (χ1) is 11.7. The van der Waals surface area contributed by atoms with Crippen molar-refractivity contribution in [2.75, 3.05) is 20.0 Å². The van der Waals surface area contributed by atoms with Crippen molar-refractivity contribution in [1.82, 2.24) is 0 Å². The van der Waals surface area contributed by atoms with Gasteiger partial charge in [0.1, 0.15) is 0 Å². The normalized spacial score (nSPS) is 30.0. The Morgan fingerprint density at radius 2 is 1.64 bits per heavy atom. The van der Waals surface area contributed by atoms with Crippen LogP contribution in [0.2, 0.25) is 18.1 Å². The van der Waals surface area contributed by atoms with E-state index in [-0.39, 0.29) is 42.5 Å². The van der Waals surface area contributed by atoms with Crippen LogP contribution < -0.4 is 9.47 Å². The van der Waals surface area contributed by atoms with Crippen LogP contribution in [0.3, 0.4) is 0 Å². The quantitative estimate of drug-likeness (QED) is 0.824. The fourth-order valence-corrected chi connectivity index (χ4v) is 4.89. The summed E-state index contributed by atoms with van der Waals surface area (Å²) in [6.45, 7) is 12.3. The molecule has 3 aliphatic heterocycles. The first-order valence-electron chi connectivity index (χ1n) is 9.06. The third kappa shape index (κ3) is 2.62. The second kappa shape index (κ2) is 5.71.